The van der Waals surface area contributed by atoms with E-state index >= 15 is 0 Å². The van der Waals surface area contributed by atoms with Gasteiger partial charge in [-0.25, -0.2) is 9.18 Å². The molecule has 0 aliphatic carbocycles. The fourth-order valence-corrected chi connectivity index (χ4v) is 2.84. The lowest BCUT2D eigenvalue weighted by Gasteiger charge is -2.32. The minimum Gasteiger partial charge on any atom is -0.479 e. The van der Waals surface area contributed by atoms with Gasteiger partial charge in [-0.2, -0.15) is 0 Å². The lowest BCUT2D eigenvalue weighted by molar-refractivity contribution is -0.160. The molecule has 1 aromatic carbocycles. The number of carbonyl (C=O) groups excluding carboxylic acids is 1. The van der Waals surface area contributed by atoms with E-state index in [-0.39, 0.29) is 30.8 Å². The summed E-state index contributed by atoms with van der Waals surface area (Å²) in [6.07, 6.45) is -0.503. The maximum absolute atomic E-state index is 13.2. The molecule has 0 bridgehead atoms. The molecule has 0 radical (unpaired) electrons. The van der Waals surface area contributed by atoms with E-state index in [0.29, 0.717) is 17.4 Å². The van der Waals surface area contributed by atoms with Crippen molar-refractivity contribution in [2.45, 2.75) is 19.4 Å². The normalized spacial score (nSPS) is 19.8. The summed E-state index contributed by atoms with van der Waals surface area (Å²) in [5.74, 6) is -1.84. The number of nitrogens with zero attached hydrogens (tertiary/aromatic N) is 1. The zero-order chi connectivity index (χ0) is 16.3. The van der Waals surface area contributed by atoms with Crippen LogP contribution in [0.4, 0.5) is 4.39 Å². The number of halogens is 2. The van der Waals surface area contributed by atoms with E-state index in [4.69, 9.17) is 9.84 Å². The van der Waals surface area contributed by atoms with E-state index in [0.717, 1.165) is 5.56 Å². The average Bonchev–Trinajstić information content (AvgIpc) is 2.50. The lowest BCUT2D eigenvalue weighted by atomic mass is 9.99. The molecule has 0 saturated carbocycles. The summed E-state index contributed by atoms with van der Waals surface area (Å²) in [5.41, 5.74) is 0.845. The Labute approximate surface area is 136 Å². The molecule has 1 amide bonds. The highest BCUT2D eigenvalue weighted by Gasteiger charge is 2.30. The molecule has 1 heterocycles. The molecule has 2 atom stereocenters. The van der Waals surface area contributed by atoms with E-state index in [1.54, 1.807) is 19.1 Å². The Hall–Kier alpha value is -1.47. The van der Waals surface area contributed by atoms with Crippen LogP contribution in [0.3, 0.4) is 0 Å². The Morgan fingerprint density at radius 3 is 2.91 bits per heavy atom. The molecule has 1 aliphatic rings. The van der Waals surface area contributed by atoms with Crippen LogP contribution in [-0.4, -0.2) is 47.7 Å². The van der Waals surface area contributed by atoms with E-state index < -0.39 is 12.1 Å². The van der Waals surface area contributed by atoms with Gasteiger partial charge in [0.05, 0.1) is 17.6 Å². The SMILES string of the molecule is C[C@@H](Cc1ccc(F)c(Br)c1)C(=O)N1CCO[C@H](C(=O)O)C1. The number of amides is 1. The molecular formula is C15H17BrFNO4. The maximum Gasteiger partial charge on any atom is 0.334 e. The van der Waals surface area contributed by atoms with Gasteiger partial charge in [0.2, 0.25) is 5.91 Å². The predicted molar refractivity (Wildman–Crippen MR) is 80.9 cm³/mol. The van der Waals surface area contributed by atoms with Gasteiger partial charge in [-0.15, -0.1) is 0 Å². The molecule has 1 saturated heterocycles. The summed E-state index contributed by atoms with van der Waals surface area (Å²) in [5, 5.41) is 8.96. The Bertz CT molecular complexity index is 581. The van der Waals surface area contributed by atoms with E-state index in [1.807, 2.05) is 0 Å². The van der Waals surface area contributed by atoms with Crippen molar-refractivity contribution in [1.29, 1.82) is 0 Å². The van der Waals surface area contributed by atoms with Crippen LogP contribution in [-0.2, 0) is 20.7 Å². The highest BCUT2D eigenvalue weighted by Crippen LogP contribution is 2.20. The number of hydrogen-bond acceptors (Lipinski definition) is 3. The molecule has 0 spiro atoms. The third-order valence-corrected chi connectivity index (χ3v) is 4.21. The standard InChI is InChI=1S/C15H17BrFNO4/c1-9(6-10-2-3-12(17)11(16)7-10)14(19)18-4-5-22-13(8-18)15(20)21/h2-3,7,9,13H,4-6,8H2,1H3,(H,20,21)/t9-,13-/m0/s1. The largest absolute Gasteiger partial charge is 0.479 e. The van der Waals surface area contributed by atoms with Crippen molar-refractivity contribution in [2.24, 2.45) is 5.92 Å². The van der Waals surface area contributed by atoms with Crippen molar-refractivity contribution in [3.8, 4) is 0 Å². The smallest absolute Gasteiger partial charge is 0.334 e. The first-order valence-corrected chi connectivity index (χ1v) is 7.75. The van der Waals surface area contributed by atoms with Gasteiger partial charge in [0.1, 0.15) is 5.82 Å². The van der Waals surface area contributed by atoms with Gasteiger partial charge < -0.3 is 14.7 Å². The molecule has 1 aromatic rings. The van der Waals surface area contributed by atoms with Crippen molar-refractivity contribution in [1.82, 2.24) is 4.90 Å². The van der Waals surface area contributed by atoms with Gasteiger partial charge in [0, 0.05) is 12.5 Å². The lowest BCUT2D eigenvalue weighted by Crippen LogP contribution is -2.50. The first-order valence-electron chi connectivity index (χ1n) is 6.95. The van der Waals surface area contributed by atoms with Crippen molar-refractivity contribution in [2.75, 3.05) is 19.7 Å². The Balaban J connectivity index is 1.99. The van der Waals surface area contributed by atoms with Gasteiger partial charge in [-0.05, 0) is 40.0 Å². The second-order valence-corrected chi connectivity index (χ2v) is 6.19. The Kier molecular flexibility index (Phi) is 5.52. The number of aliphatic carboxylic acids is 1. The zero-order valence-corrected chi connectivity index (χ0v) is 13.7. The third-order valence-electron chi connectivity index (χ3n) is 3.60. The van der Waals surface area contributed by atoms with Crippen LogP contribution in [0.5, 0.6) is 0 Å². The highest BCUT2D eigenvalue weighted by atomic mass is 79.9. The molecule has 120 valence electrons. The number of ether oxygens (including phenoxy) is 1. The summed E-state index contributed by atoms with van der Waals surface area (Å²) >= 11 is 3.12. The number of carbonyl (C=O) groups is 2. The van der Waals surface area contributed by atoms with Gasteiger partial charge in [-0.1, -0.05) is 13.0 Å². The van der Waals surface area contributed by atoms with Crippen LogP contribution in [0.1, 0.15) is 12.5 Å². The average molecular weight is 374 g/mol. The molecule has 5 nitrogen and oxygen atoms in total. The summed E-state index contributed by atoms with van der Waals surface area (Å²) < 4.78 is 18.7. The Morgan fingerprint density at radius 2 is 2.27 bits per heavy atom. The van der Waals surface area contributed by atoms with Crippen LogP contribution in [0.2, 0.25) is 0 Å². The second-order valence-electron chi connectivity index (χ2n) is 5.34. The fourth-order valence-electron chi connectivity index (χ4n) is 2.42. The van der Waals surface area contributed by atoms with Gasteiger partial charge in [0.25, 0.3) is 0 Å². The fraction of sp³-hybridized carbons (Fsp3) is 0.467. The van der Waals surface area contributed by atoms with Crippen LogP contribution >= 0.6 is 15.9 Å². The topological polar surface area (TPSA) is 66.8 Å². The summed E-state index contributed by atoms with van der Waals surface area (Å²) in [7, 11) is 0. The molecule has 2 rings (SSSR count). The highest BCUT2D eigenvalue weighted by molar-refractivity contribution is 9.10. The molecule has 22 heavy (non-hydrogen) atoms. The number of carboxylic acids is 1. The van der Waals surface area contributed by atoms with Gasteiger partial charge >= 0.3 is 5.97 Å². The quantitative estimate of drug-likeness (QED) is 0.877. The zero-order valence-electron chi connectivity index (χ0n) is 12.1. The van der Waals surface area contributed by atoms with Crippen LogP contribution in [0.25, 0.3) is 0 Å². The maximum atomic E-state index is 13.2. The number of morpholine rings is 1. The van der Waals surface area contributed by atoms with E-state index in [1.165, 1.54) is 11.0 Å². The number of rotatable bonds is 4. The molecule has 1 aliphatic heterocycles. The van der Waals surface area contributed by atoms with Crippen LogP contribution < -0.4 is 0 Å². The molecule has 0 aromatic heterocycles. The second kappa shape index (κ2) is 7.19. The summed E-state index contributed by atoms with van der Waals surface area (Å²) in [6.45, 7) is 2.45. The third kappa shape index (κ3) is 4.04. The van der Waals surface area contributed by atoms with E-state index in [9.17, 15) is 14.0 Å². The van der Waals surface area contributed by atoms with E-state index in [2.05, 4.69) is 15.9 Å². The van der Waals surface area contributed by atoms with Gasteiger partial charge in [-0.3, -0.25) is 4.79 Å². The number of carboxylic acid groups (broad SMARTS) is 1. The minimum atomic E-state index is -1.06. The van der Waals surface area contributed by atoms with Gasteiger partial charge in [0.15, 0.2) is 6.10 Å². The van der Waals surface area contributed by atoms with Crippen molar-refractivity contribution in [3.05, 3.63) is 34.1 Å². The van der Waals surface area contributed by atoms with Crippen molar-refractivity contribution < 1.29 is 23.8 Å². The Morgan fingerprint density at radius 1 is 1.55 bits per heavy atom. The van der Waals surface area contributed by atoms with Crippen molar-refractivity contribution in [3.63, 3.8) is 0 Å². The number of benzene rings is 1. The molecule has 0 unspecified atom stereocenters. The molecular weight excluding hydrogens is 357 g/mol. The van der Waals surface area contributed by atoms with Crippen molar-refractivity contribution >= 4 is 27.8 Å². The first-order chi connectivity index (χ1) is 10.4. The number of hydrogen-bond donors (Lipinski definition) is 1. The first kappa shape index (κ1) is 16.9. The molecule has 1 fully saturated rings. The molecule has 7 heteroatoms. The predicted octanol–water partition coefficient (Wildman–Crippen LogP) is 2.08. The minimum absolute atomic E-state index is 0.0611. The van der Waals surface area contributed by atoms with Crippen LogP contribution in [0.15, 0.2) is 22.7 Å². The molecule has 1 N–H and O–H groups in total. The summed E-state index contributed by atoms with van der Waals surface area (Å²) in [6, 6.07) is 4.65. The monoisotopic (exact) mass is 373 g/mol. The summed E-state index contributed by atoms with van der Waals surface area (Å²) in [4.78, 5) is 24.9. The van der Waals surface area contributed by atoms with Crippen LogP contribution in [0, 0.1) is 11.7 Å².